The largest absolute Gasteiger partial charge is 0.389 e. The first-order chi connectivity index (χ1) is 18.1. The molecule has 0 aliphatic heterocycles. The SMILES string of the molecule is CCCCCCCCCCC1(CCCCCC)CCCCCCCCCCC1(O)CCCCCCCC. The Hall–Kier alpha value is -0.0400. The van der Waals surface area contributed by atoms with Gasteiger partial charge in [-0.1, -0.05) is 188 Å². The zero-order valence-electron chi connectivity index (χ0n) is 26.4. The molecule has 1 aliphatic rings. The fourth-order valence-electron chi connectivity index (χ4n) is 7.36. The molecule has 1 fully saturated rings. The molecular weight excluding hydrogens is 448 g/mol. The molecule has 0 spiro atoms. The van der Waals surface area contributed by atoms with Crippen LogP contribution in [0.25, 0.3) is 0 Å². The molecule has 1 heteroatoms. The Morgan fingerprint density at radius 3 is 1.16 bits per heavy atom. The maximum atomic E-state index is 12.7. The zero-order valence-corrected chi connectivity index (χ0v) is 26.4. The Morgan fingerprint density at radius 2 is 0.703 bits per heavy atom. The van der Waals surface area contributed by atoms with Crippen LogP contribution in [0.5, 0.6) is 0 Å². The highest BCUT2D eigenvalue weighted by molar-refractivity contribution is 4.99. The maximum absolute atomic E-state index is 12.7. The van der Waals surface area contributed by atoms with Gasteiger partial charge < -0.3 is 5.11 Å². The lowest BCUT2D eigenvalue weighted by Crippen LogP contribution is -2.49. The van der Waals surface area contributed by atoms with E-state index >= 15 is 0 Å². The fraction of sp³-hybridized carbons (Fsp3) is 1.00. The average molecular weight is 521 g/mol. The molecule has 37 heavy (non-hydrogen) atoms. The molecule has 0 amide bonds. The van der Waals surface area contributed by atoms with Crippen molar-refractivity contribution in [1.82, 2.24) is 0 Å². The quantitative estimate of drug-likeness (QED) is 0.149. The standard InChI is InChI=1S/C36H72O/c1-4-7-10-13-15-18-21-26-31-35(30-25-12-9-6-3)32-27-22-19-16-17-20-24-29-34-36(35,37)33-28-23-14-11-8-5-2/h37H,4-34H2,1-3H3. The summed E-state index contributed by atoms with van der Waals surface area (Å²) in [5.74, 6) is 0. The summed E-state index contributed by atoms with van der Waals surface area (Å²) in [4.78, 5) is 0. The molecule has 0 radical (unpaired) electrons. The van der Waals surface area contributed by atoms with Crippen LogP contribution in [0.3, 0.4) is 0 Å². The third kappa shape index (κ3) is 16.0. The first kappa shape index (κ1) is 35.0. The second-order valence-electron chi connectivity index (χ2n) is 13.2. The second-order valence-corrected chi connectivity index (χ2v) is 13.2. The summed E-state index contributed by atoms with van der Waals surface area (Å²) in [7, 11) is 0. The van der Waals surface area contributed by atoms with E-state index in [0.29, 0.717) is 0 Å². The van der Waals surface area contributed by atoms with Gasteiger partial charge in [-0.3, -0.25) is 0 Å². The van der Waals surface area contributed by atoms with Gasteiger partial charge in [0.2, 0.25) is 0 Å². The van der Waals surface area contributed by atoms with Gasteiger partial charge in [-0.25, -0.2) is 0 Å². The lowest BCUT2D eigenvalue weighted by molar-refractivity contribution is -0.117. The average Bonchev–Trinajstić information content (AvgIpc) is 2.90. The van der Waals surface area contributed by atoms with E-state index < -0.39 is 5.60 Å². The molecule has 2 unspecified atom stereocenters. The van der Waals surface area contributed by atoms with Gasteiger partial charge >= 0.3 is 0 Å². The minimum Gasteiger partial charge on any atom is -0.389 e. The van der Waals surface area contributed by atoms with Crippen molar-refractivity contribution in [3.8, 4) is 0 Å². The summed E-state index contributed by atoms with van der Waals surface area (Å²) in [6.45, 7) is 6.96. The molecular formula is C36H72O. The summed E-state index contributed by atoms with van der Waals surface area (Å²) in [5, 5.41) is 12.7. The Bertz CT molecular complexity index is 469. The number of unbranched alkanes of at least 4 members (excludes halogenated alkanes) is 15. The molecule has 0 heterocycles. The van der Waals surface area contributed by atoms with E-state index in [1.54, 1.807) is 0 Å². The van der Waals surface area contributed by atoms with Crippen molar-refractivity contribution in [1.29, 1.82) is 0 Å². The van der Waals surface area contributed by atoms with Crippen LogP contribution in [0.15, 0.2) is 0 Å². The van der Waals surface area contributed by atoms with Gasteiger partial charge in [-0.2, -0.15) is 0 Å². The Kier molecular flexibility index (Phi) is 22.5. The van der Waals surface area contributed by atoms with Crippen LogP contribution in [0.4, 0.5) is 0 Å². The highest BCUT2D eigenvalue weighted by atomic mass is 16.3. The molecule has 0 bridgehead atoms. The molecule has 2 atom stereocenters. The summed E-state index contributed by atoms with van der Waals surface area (Å²) >= 11 is 0. The monoisotopic (exact) mass is 521 g/mol. The minimum absolute atomic E-state index is 0.172. The Balaban J connectivity index is 2.94. The second kappa shape index (κ2) is 23.8. The molecule has 0 aromatic heterocycles. The topological polar surface area (TPSA) is 20.2 Å². The van der Waals surface area contributed by atoms with E-state index in [1.165, 1.54) is 186 Å². The van der Waals surface area contributed by atoms with Gasteiger partial charge in [0, 0.05) is 0 Å². The van der Waals surface area contributed by atoms with Crippen molar-refractivity contribution in [2.45, 2.75) is 225 Å². The molecule has 222 valence electrons. The number of hydrogen-bond acceptors (Lipinski definition) is 1. The molecule has 0 aromatic carbocycles. The predicted octanol–water partition coefficient (Wildman–Crippen LogP) is 12.9. The first-order valence-corrected chi connectivity index (χ1v) is 17.9. The van der Waals surface area contributed by atoms with Crippen LogP contribution >= 0.6 is 0 Å². The van der Waals surface area contributed by atoms with Crippen molar-refractivity contribution in [3.63, 3.8) is 0 Å². The van der Waals surface area contributed by atoms with E-state index in [-0.39, 0.29) is 5.41 Å². The van der Waals surface area contributed by atoms with Crippen molar-refractivity contribution >= 4 is 0 Å². The van der Waals surface area contributed by atoms with Crippen LogP contribution in [-0.2, 0) is 0 Å². The molecule has 1 rings (SSSR count). The number of rotatable bonds is 21. The molecule has 1 aliphatic carbocycles. The lowest BCUT2D eigenvalue weighted by atomic mass is 9.59. The highest BCUT2D eigenvalue weighted by Crippen LogP contribution is 2.51. The number of hydrogen-bond donors (Lipinski definition) is 1. The van der Waals surface area contributed by atoms with Crippen LogP contribution in [0, 0.1) is 5.41 Å². The summed E-state index contributed by atoms with van der Waals surface area (Å²) < 4.78 is 0. The van der Waals surface area contributed by atoms with Gasteiger partial charge in [0.05, 0.1) is 5.60 Å². The van der Waals surface area contributed by atoms with Crippen molar-refractivity contribution in [2.75, 3.05) is 0 Å². The van der Waals surface area contributed by atoms with Crippen LogP contribution < -0.4 is 0 Å². The van der Waals surface area contributed by atoms with Crippen LogP contribution in [-0.4, -0.2) is 10.7 Å². The van der Waals surface area contributed by atoms with Gasteiger partial charge in [0.1, 0.15) is 0 Å². The third-order valence-corrected chi connectivity index (χ3v) is 9.94. The van der Waals surface area contributed by atoms with Crippen molar-refractivity contribution in [3.05, 3.63) is 0 Å². The summed E-state index contributed by atoms with van der Waals surface area (Å²) in [5.41, 5.74) is -0.254. The van der Waals surface area contributed by atoms with Crippen LogP contribution in [0.2, 0.25) is 0 Å². The van der Waals surface area contributed by atoms with E-state index in [4.69, 9.17) is 0 Å². The van der Waals surface area contributed by atoms with Crippen LogP contribution in [0.1, 0.15) is 220 Å². The zero-order chi connectivity index (χ0) is 26.9. The normalized spacial score (nSPS) is 24.0. The molecule has 1 nitrogen and oxygen atoms in total. The fourth-order valence-corrected chi connectivity index (χ4v) is 7.36. The lowest BCUT2D eigenvalue weighted by Gasteiger charge is -2.49. The van der Waals surface area contributed by atoms with E-state index in [1.807, 2.05) is 0 Å². The molecule has 1 N–H and O–H groups in total. The van der Waals surface area contributed by atoms with Crippen molar-refractivity contribution in [2.24, 2.45) is 5.41 Å². The summed E-state index contributed by atoms with van der Waals surface area (Å²) in [6.07, 6.45) is 41.6. The van der Waals surface area contributed by atoms with E-state index in [0.717, 1.165) is 12.8 Å². The van der Waals surface area contributed by atoms with Gasteiger partial charge in [-0.05, 0) is 37.5 Å². The summed E-state index contributed by atoms with van der Waals surface area (Å²) in [6, 6.07) is 0. The molecule has 1 saturated carbocycles. The van der Waals surface area contributed by atoms with Gasteiger partial charge in [0.15, 0.2) is 0 Å². The maximum Gasteiger partial charge on any atom is 0.0703 e. The Morgan fingerprint density at radius 1 is 0.378 bits per heavy atom. The van der Waals surface area contributed by atoms with Gasteiger partial charge in [-0.15, -0.1) is 0 Å². The molecule has 0 saturated heterocycles. The highest BCUT2D eigenvalue weighted by Gasteiger charge is 2.47. The predicted molar refractivity (Wildman–Crippen MR) is 168 cm³/mol. The third-order valence-electron chi connectivity index (χ3n) is 9.94. The first-order valence-electron chi connectivity index (χ1n) is 17.9. The van der Waals surface area contributed by atoms with Gasteiger partial charge in [0.25, 0.3) is 0 Å². The van der Waals surface area contributed by atoms with E-state index in [9.17, 15) is 5.11 Å². The van der Waals surface area contributed by atoms with Crippen molar-refractivity contribution < 1.29 is 5.11 Å². The Labute approximate surface area is 235 Å². The number of aliphatic hydroxyl groups is 1. The minimum atomic E-state index is -0.426. The molecule has 0 aromatic rings. The smallest absolute Gasteiger partial charge is 0.0703 e. The van der Waals surface area contributed by atoms with E-state index in [2.05, 4.69) is 20.8 Å².